The summed E-state index contributed by atoms with van der Waals surface area (Å²) in [6.07, 6.45) is 0. The maximum Gasteiger partial charge on any atom is 0.164 e. The van der Waals surface area contributed by atoms with Crippen molar-refractivity contribution in [3.63, 3.8) is 0 Å². The van der Waals surface area contributed by atoms with Crippen molar-refractivity contribution in [3.05, 3.63) is 212 Å². The third kappa shape index (κ3) is 6.31. The van der Waals surface area contributed by atoms with E-state index in [9.17, 15) is 0 Å². The first-order chi connectivity index (χ1) is 27.7. The Balaban J connectivity index is 1.13. The van der Waals surface area contributed by atoms with E-state index in [2.05, 4.69) is 200 Å². The number of hydrogen-bond donors (Lipinski definition) is 0. The van der Waals surface area contributed by atoms with Gasteiger partial charge in [0.15, 0.2) is 17.5 Å². The lowest BCUT2D eigenvalue weighted by Gasteiger charge is -2.15. The Kier molecular flexibility index (Phi) is 8.51. The minimum absolute atomic E-state index is 0.628. The predicted molar refractivity (Wildman–Crippen MR) is 233 cm³/mol. The summed E-state index contributed by atoms with van der Waals surface area (Å²) in [6.45, 7) is 0. The third-order valence-electron chi connectivity index (χ3n) is 10.5. The second kappa shape index (κ2) is 14.4. The third-order valence-corrected chi connectivity index (χ3v) is 10.5. The van der Waals surface area contributed by atoms with Crippen LogP contribution >= 0.6 is 0 Å². The molecule has 0 bridgehead atoms. The van der Waals surface area contributed by atoms with E-state index in [1.165, 1.54) is 27.5 Å². The average molecular weight is 714 g/mol. The molecule has 0 aliphatic heterocycles. The Morgan fingerprint density at radius 2 is 0.661 bits per heavy atom. The summed E-state index contributed by atoms with van der Waals surface area (Å²) in [5.74, 6) is 1.89. The van der Waals surface area contributed by atoms with Gasteiger partial charge in [0.2, 0.25) is 0 Å². The molecule has 0 aliphatic rings. The molecule has 262 valence electrons. The van der Waals surface area contributed by atoms with Crippen molar-refractivity contribution in [3.8, 4) is 78.7 Å². The van der Waals surface area contributed by atoms with Gasteiger partial charge in [-0.15, -0.1) is 0 Å². The van der Waals surface area contributed by atoms with Crippen LogP contribution in [-0.4, -0.2) is 15.0 Å². The molecule has 0 aliphatic carbocycles. The molecule has 10 rings (SSSR count). The first-order valence-corrected chi connectivity index (χ1v) is 18.9. The van der Waals surface area contributed by atoms with Crippen molar-refractivity contribution >= 4 is 21.5 Å². The van der Waals surface area contributed by atoms with Crippen LogP contribution in [0.4, 0.5) is 0 Å². The van der Waals surface area contributed by atoms with E-state index in [4.69, 9.17) is 15.0 Å². The second-order valence-corrected chi connectivity index (χ2v) is 14.0. The number of rotatable bonds is 7. The fourth-order valence-electron chi connectivity index (χ4n) is 7.73. The highest BCUT2D eigenvalue weighted by atomic mass is 15.0. The van der Waals surface area contributed by atoms with Gasteiger partial charge in [-0.1, -0.05) is 188 Å². The number of benzene rings is 9. The summed E-state index contributed by atoms with van der Waals surface area (Å²) >= 11 is 0. The molecule has 1 aromatic heterocycles. The van der Waals surface area contributed by atoms with Crippen LogP contribution in [0.25, 0.3) is 100 Å². The molecule has 9 aromatic carbocycles. The van der Waals surface area contributed by atoms with Crippen LogP contribution in [0.5, 0.6) is 0 Å². The molecule has 0 saturated heterocycles. The van der Waals surface area contributed by atoms with Crippen molar-refractivity contribution in [2.45, 2.75) is 0 Å². The molecule has 0 fully saturated rings. The zero-order chi connectivity index (χ0) is 37.3. The second-order valence-electron chi connectivity index (χ2n) is 14.0. The largest absolute Gasteiger partial charge is 0.208 e. The normalized spacial score (nSPS) is 11.2. The highest BCUT2D eigenvalue weighted by Crippen LogP contribution is 2.38. The molecule has 3 heteroatoms. The van der Waals surface area contributed by atoms with Gasteiger partial charge in [0, 0.05) is 16.7 Å². The van der Waals surface area contributed by atoms with Crippen LogP contribution in [0.1, 0.15) is 0 Å². The van der Waals surface area contributed by atoms with Crippen molar-refractivity contribution in [1.29, 1.82) is 0 Å². The Bertz CT molecular complexity index is 3010. The molecule has 3 nitrogen and oxygen atoms in total. The molecule has 0 N–H and O–H groups in total. The van der Waals surface area contributed by atoms with Crippen molar-refractivity contribution in [1.82, 2.24) is 15.0 Å². The van der Waals surface area contributed by atoms with Crippen LogP contribution in [0, 0.1) is 0 Å². The molecule has 0 unspecified atom stereocenters. The Labute approximate surface area is 326 Å². The maximum atomic E-state index is 5.27. The number of aromatic nitrogens is 3. The predicted octanol–water partition coefficient (Wildman–Crippen LogP) is 13.8. The van der Waals surface area contributed by atoms with E-state index in [-0.39, 0.29) is 0 Å². The molecule has 0 amide bonds. The first-order valence-electron chi connectivity index (χ1n) is 18.9. The lowest BCUT2D eigenvalue weighted by Crippen LogP contribution is -2.02. The lowest BCUT2D eigenvalue weighted by atomic mass is 9.92. The van der Waals surface area contributed by atoms with E-state index >= 15 is 0 Å². The monoisotopic (exact) mass is 713 g/mol. The van der Waals surface area contributed by atoms with Gasteiger partial charge in [-0.05, 0) is 90.3 Å². The van der Waals surface area contributed by atoms with Gasteiger partial charge >= 0.3 is 0 Å². The van der Waals surface area contributed by atoms with E-state index in [0.29, 0.717) is 17.5 Å². The summed E-state index contributed by atoms with van der Waals surface area (Å²) in [5, 5.41) is 4.65. The highest BCUT2D eigenvalue weighted by Gasteiger charge is 2.18. The van der Waals surface area contributed by atoms with E-state index < -0.39 is 0 Å². The lowest BCUT2D eigenvalue weighted by molar-refractivity contribution is 1.08. The summed E-state index contributed by atoms with van der Waals surface area (Å²) in [7, 11) is 0. The Hall–Kier alpha value is -7.49. The van der Waals surface area contributed by atoms with Crippen LogP contribution in [0.2, 0.25) is 0 Å². The van der Waals surface area contributed by atoms with Crippen LogP contribution in [0.15, 0.2) is 212 Å². The summed E-state index contributed by atoms with van der Waals surface area (Å²) in [6, 6.07) is 74.7. The number of fused-ring (bicyclic) bond motifs is 2. The summed E-state index contributed by atoms with van der Waals surface area (Å²) in [5.41, 5.74) is 12.0. The molecule has 0 atom stereocenters. The van der Waals surface area contributed by atoms with E-state index in [1.54, 1.807) is 0 Å². The molecule has 1 heterocycles. The van der Waals surface area contributed by atoms with Gasteiger partial charge in [-0.3, -0.25) is 0 Å². The minimum Gasteiger partial charge on any atom is -0.208 e. The highest BCUT2D eigenvalue weighted by molar-refractivity contribution is 6.05. The minimum atomic E-state index is 0.628. The molecule has 56 heavy (non-hydrogen) atoms. The van der Waals surface area contributed by atoms with Gasteiger partial charge in [0.05, 0.1) is 0 Å². The molecular weight excluding hydrogens is 679 g/mol. The summed E-state index contributed by atoms with van der Waals surface area (Å²) in [4.78, 5) is 15.7. The fourth-order valence-corrected chi connectivity index (χ4v) is 7.73. The Morgan fingerprint density at radius 3 is 1.34 bits per heavy atom. The fraction of sp³-hybridized carbons (Fsp3) is 0. The smallest absolute Gasteiger partial charge is 0.164 e. The topological polar surface area (TPSA) is 38.7 Å². The first kappa shape index (κ1) is 33.1. The van der Waals surface area contributed by atoms with Gasteiger partial charge in [-0.2, -0.15) is 0 Å². The van der Waals surface area contributed by atoms with Gasteiger partial charge in [-0.25, -0.2) is 15.0 Å². The number of hydrogen-bond acceptors (Lipinski definition) is 3. The molecule has 10 aromatic rings. The maximum absolute atomic E-state index is 5.27. The van der Waals surface area contributed by atoms with Gasteiger partial charge in [0.1, 0.15) is 0 Å². The summed E-state index contributed by atoms with van der Waals surface area (Å²) < 4.78 is 0. The molecule has 0 radical (unpaired) electrons. The van der Waals surface area contributed by atoms with E-state index in [1.807, 2.05) is 12.1 Å². The van der Waals surface area contributed by atoms with E-state index in [0.717, 1.165) is 55.3 Å². The average Bonchev–Trinajstić information content (AvgIpc) is 3.29. The Morgan fingerprint density at radius 1 is 0.214 bits per heavy atom. The van der Waals surface area contributed by atoms with Gasteiger partial charge in [0.25, 0.3) is 0 Å². The zero-order valence-corrected chi connectivity index (χ0v) is 30.5. The van der Waals surface area contributed by atoms with Crippen LogP contribution < -0.4 is 0 Å². The molecule has 0 spiro atoms. The molecule has 0 saturated carbocycles. The quantitative estimate of drug-likeness (QED) is 0.165. The van der Waals surface area contributed by atoms with Gasteiger partial charge < -0.3 is 0 Å². The van der Waals surface area contributed by atoms with Crippen molar-refractivity contribution in [2.75, 3.05) is 0 Å². The SMILES string of the molecule is c1ccc(-c2cccc(-c3nc(-c4ccccc4-c4ccccc4)nc(-c4ccc(-c5ccc6cc(-c7ccccc7)ccc6c5)c5ccccc45)n3)c2)cc1. The molecular formula is C53H35N3. The zero-order valence-electron chi connectivity index (χ0n) is 30.5. The van der Waals surface area contributed by atoms with Crippen molar-refractivity contribution < 1.29 is 0 Å². The standard InChI is InChI=1S/C53H35N3/c1-4-15-36(16-5-1)39-21-14-22-44(35-39)51-54-52(49-26-13-10-23-45(49)38-19-8-3-9-20-38)56-53(55-51)50-32-31-46(47-24-11-12-25-48(47)50)43-30-29-41-33-40(27-28-42(41)34-43)37-17-6-2-7-18-37/h1-35H. The van der Waals surface area contributed by atoms with Crippen LogP contribution in [0.3, 0.4) is 0 Å². The van der Waals surface area contributed by atoms with Crippen LogP contribution in [-0.2, 0) is 0 Å². The number of nitrogens with zero attached hydrogens (tertiary/aromatic N) is 3. The van der Waals surface area contributed by atoms with Crippen molar-refractivity contribution in [2.24, 2.45) is 0 Å².